The quantitative estimate of drug-likeness (QED) is 0.172. The van der Waals surface area contributed by atoms with Gasteiger partial charge < -0.3 is 18.0 Å². The number of nitrogens with zero attached hydrogens (tertiary/aromatic N) is 5. The summed E-state index contributed by atoms with van der Waals surface area (Å²) in [4.78, 5) is 16.4. The summed E-state index contributed by atoms with van der Waals surface area (Å²) in [5.41, 5.74) is 11.9. The lowest BCUT2D eigenvalue weighted by molar-refractivity contribution is 0.669. The highest BCUT2D eigenvalue weighted by molar-refractivity contribution is 6.16. The zero-order chi connectivity index (χ0) is 44.5. The fourth-order valence-corrected chi connectivity index (χ4v) is 10.7. The Morgan fingerprint density at radius 1 is 0.309 bits per heavy atom. The van der Waals surface area contributed by atoms with E-state index in [4.69, 9.17) is 23.8 Å². The summed E-state index contributed by atoms with van der Waals surface area (Å²) < 4.78 is 18.0. The van der Waals surface area contributed by atoms with Crippen molar-refractivity contribution in [2.45, 2.75) is 0 Å². The Hall–Kier alpha value is -9.33. The number of benzene rings is 10. The van der Waals surface area contributed by atoms with Crippen molar-refractivity contribution in [3.8, 4) is 45.5 Å². The largest absolute Gasteiger partial charge is 0.456 e. The maximum atomic E-state index is 6.98. The van der Waals surface area contributed by atoms with Crippen LogP contribution in [0.2, 0.25) is 0 Å². The van der Waals surface area contributed by atoms with Crippen LogP contribution in [0, 0.1) is 0 Å². The Labute approximate surface area is 387 Å². The van der Waals surface area contributed by atoms with E-state index >= 15 is 0 Å². The molecular weight excluding hydrogens is 835 g/mol. The molecule has 0 bridgehead atoms. The minimum Gasteiger partial charge on any atom is -0.456 e. The van der Waals surface area contributed by atoms with Crippen molar-refractivity contribution in [1.82, 2.24) is 24.1 Å². The maximum absolute atomic E-state index is 6.98. The highest BCUT2D eigenvalue weighted by Gasteiger charge is 2.25. The summed E-state index contributed by atoms with van der Waals surface area (Å²) in [5.74, 6) is 1.58. The first-order valence-corrected chi connectivity index (χ1v) is 22.8. The fourth-order valence-electron chi connectivity index (χ4n) is 10.7. The molecule has 7 heteroatoms. The van der Waals surface area contributed by atoms with E-state index < -0.39 is 0 Å². The van der Waals surface area contributed by atoms with Gasteiger partial charge in [0.05, 0.1) is 33.3 Å². The van der Waals surface area contributed by atoms with Gasteiger partial charge in [0, 0.05) is 59.9 Å². The number of aromatic nitrogens is 5. The Bertz CT molecular complexity index is 4570. The third-order valence-electron chi connectivity index (χ3n) is 13.7. The summed E-state index contributed by atoms with van der Waals surface area (Å²) in [7, 11) is 0. The molecule has 316 valence electrons. The lowest BCUT2D eigenvalue weighted by atomic mass is 10.0. The normalized spacial score (nSPS) is 12.1. The summed E-state index contributed by atoms with van der Waals surface area (Å²) in [5, 5.41) is 11.0. The standard InChI is InChI=1S/C61H35N5O2/c1-2-16-40(17-3-1)65-49-22-10-6-18-41(49)43-28-26-39(35-52(43)65)60-62-59(38-27-31-56-48(33-38)45-21-9-12-24-54(45)67-56)63-61(64-60)57-51(30-29-46-44-20-8-13-25-55(44)68-58(46)57)66-50-23-11-7-19-42(50)47-32-36-14-4-5-15-37(36)34-53(47)66/h1-35H. The predicted molar refractivity (Wildman–Crippen MR) is 277 cm³/mol. The van der Waals surface area contributed by atoms with Gasteiger partial charge in [-0.3, -0.25) is 0 Å². The SMILES string of the molecule is c1ccc(-n2c3ccccc3c3ccc(-c4nc(-c5ccc6oc7ccccc7c6c5)nc(-c5c(-n6c7ccccc7c7cc8ccccc8cc76)ccc6c5oc5ccccc56)n4)cc32)cc1. The van der Waals surface area contributed by atoms with E-state index in [1.807, 2.05) is 42.5 Å². The number of furan rings is 2. The van der Waals surface area contributed by atoms with Crippen LogP contribution in [-0.2, 0) is 0 Å². The number of hydrogen-bond donors (Lipinski definition) is 0. The second kappa shape index (κ2) is 14.1. The summed E-state index contributed by atoms with van der Waals surface area (Å²) in [6.07, 6.45) is 0. The molecule has 10 aromatic carbocycles. The van der Waals surface area contributed by atoms with Gasteiger partial charge in [-0.05, 0) is 95.7 Å². The molecule has 0 aliphatic rings. The molecule has 5 aromatic heterocycles. The Morgan fingerprint density at radius 2 is 0.838 bits per heavy atom. The molecule has 0 aliphatic heterocycles. The van der Waals surface area contributed by atoms with E-state index in [0.717, 1.165) is 110 Å². The first-order valence-electron chi connectivity index (χ1n) is 22.8. The van der Waals surface area contributed by atoms with E-state index in [1.54, 1.807) is 0 Å². The molecule has 0 aliphatic carbocycles. The van der Waals surface area contributed by atoms with Crippen molar-refractivity contribution in [2.24, 2.45) is 0 Å². The third-order valence-corrected chi connectivity index (χ3v) is 13.7. The first kappa shape index (κ1) is 36.9. The van der Waals surface area contributed by atoms with Gasteiger partial charge in [-0.1, -0.05) is 127 Å². The topological polar surface area (TPSA) is 74.8 Å². The molecular formula is C61H35N5O2. The van der Waals surface area contributed by atoms with Gasteiger partial charge in [-0.15, -0.1) is 0 Å². The second-order valence-electron chi connectivity index (χ2n) is 17.5. The summed E-state index contributed by atoms with van der Waals surface area (Å²) >= 11 is 0. The lowest BCUT2D eigenvalue weighted by Crippen LogP contribution is -2.04. The number of rotatable bonds is 5. The molecule has 0 fully saturated rings. The van der Waals surface area contributed by atoms with Gasteiger partial charge in [-0.2, -0.15) is 0 Å². The van der Waals surface area contributed by atoms with Crippen molar-refractivity contribution in [1.29, 1.82) is 0 Å². The number of hydrogen-bond acceptors (Lipinski definition) is 5. The van der Waals surface area contributed by atoms with Gasteiger partial charge in [0.15, 0.2) is 17.5 Å². The minimum absolute atomic E-state index is 0.497. The second-order valence-corrected chi connectivity index (χ2v) is 17.5. The van der Waals surface area contributed by atoms with Crippen molar-refractivity contribution in [2.75, 3.05) is 0 Å². The fraction of sp³-hybridized carbons (Fsp3) is 0. The Morgan fingerprint density at radius 3 is 1.62 bits per heavy atom. The molecule has 0 atom stereocenters. The average Bonchev–Trinajstić information content (AvgIpc) is 4.15. The lowest BCUT2D eigenvalue weighted by Gasteiger charge is -2.15. The summed E-state index contributed by atoms with van der Waals surface area (Å²) in [6.45, 7) is 0. The van der Waals surface area contributed by atoms with Crippen LogP contribution in [0.3, 0.4) is 0 Å². The molecule has 7 nitrogen and oxygen atoms in total. The van der Waals surface area contributed by atoms with Crippen molar-refractivity contribution < 1.29 is 8.83 Å². The van der Waals surface area contributed by atoms with Crippen LogP contribution >= 0.6 is 0 Å². The van der Waals surface area contributed by atoms with Gasteiger partial charge >= 0.3 is 0 Å². The molecule has 0 radical (unpaired) electrons. The molecule has 68 heavy (non-hydrogen) atoms. The zero-order valence-corrected chi connectivity index (χ0v) is 36.3. The first-order chi connectivity index (χ1) is 33.7. The molecule has 0 saturated carbocycles. The third kappa shape index (κ3) is 5.38. The smallest absolute Gasteiger partial charge is 0.170 e. The minimum atomic E-state index is 0.497. The predicted octanol–water partition coefficient (Wildman–Crippen LogP) is 16.0. The van der Waals surface area contributed by atoms with Crippen LogP contribution in [0.25, 0.3) is 144 Å². The van der Waals surface area contributed by atoms with Gasteiger partial charge in [0.2, 0.25) is 0 Å². The Balaban J connectivity index is 1.06. The van der Waals surface area contributed by atoms with Crippen molar-refractivity contribution >= 4 is 98.3 Å². The summed E-state index contributed by atoms with van der Waals surface area (Å²) in [6, 6.07) is 74.4. The van der Waals surface area contributed by atoms with Crippen LogP contribution in [0.1, 0.15) is 0 Å². The molecule has 0 unspecified atom stereocenters. The van der Waals surface area contributed by atoms with Crippen molar-refractivity contribution in [3.63, 3.8) is 0 Å². The van der Waals surface area contributed by atoms with Crippen LogP contribution in [-0.4, -0.2) is 24.1 Å². The molecule has 0 amide bonds. The highest BCUT2D eigenvalue weighted by Crippen LogP contribution is 2.44. The highest BCUT2D eigenvalue weighted by atomic mass is 16.3. The van der Waals surface area contributed by atoms with Gasteiger partial charge in [-0.25, -0.2) is 15.0 Å². The van der Waals surface area contributed by atoms with Crippen LogP contribution in [0.5, 0.6) is 0 Å². The molecule has 0 N–H and O–H groups in total. The zero-order valence-electron chi connectivity index (χ0n) is 36.3. The molecule has 0 saturated heterocycles. The molecule has 15 rings (SSSR count). The number of fused-ring (bicyclic) bond motifs is 13. The van der Waals surface area contributed by atoms with E-state index in [0.29, 0.717) is 23.1 Å². The van der Waals surface area contributed by atoms with Crippen LogP contribution in [0.4, 0.5) is 0 Å². The molecule has 15 aromatic rings. The van der Waals surface area contributed by atoms with Crippen molar-refractivity contribution in [3.05, 3.63) is 212 Å². The van der Waals surface area contributed by atoms with E-state index in [9.17, 15) is 0 Å². The van der Waals surface area contributed by atoms with E-state index in [2.05, 4.69) is 179 Å². The maximum Gasteiger partial charge on any atom is 0.170 e. The van der Waals surface area contributed by atoms with Crippen LogP contribution < -0.4 is 0 Å². The van der Waals surface area contributed by atoms with E-state index in [1.165, 1.54) is 10.8 Å². The van der Waals surface area contributed by atoms with Gasteiger partial charge in [0.25, 0.3) is 0 Å². The Kier molecular flexibility index (Phi) is 7.65. The molecule has 0 spiro atoms. The average molecular weight is 870 g/mol. The monoisotopic (exact) mass is 869 g/mol. The van der Waals surface area contributed by atoms with E-state index in [-0.39, 0.29) is 0 Å². The molecule has 5 heterocycles. The number of para-hydroxylation sites is 5. The van der Waals surface area contributed by atoms with Crippen LogP contribution in [0.15, 0.2) is 221 Å². The van der Waals surface area contributed by atoms with Gasteiger partial charge in [0.1, 0.15) is 22.3 Å².